The summed E-state index contributed by atoms with van der Waals surface area (Å²) < 4.78 is 0. The summed E-state index contributed by atoms with van der Waals surface area (Å²) in [6.07, 6.45) is 3.20. The number of hydrogen-bond acceptors (Lipinski definition) is 1. The normalized spacial score (nSPS) is 22.1. The second-order valence-electron chi connectivity index (χ2n) is 5.55. The van der Waals surface area contributed by atoms with Crippen LogP contribution in [0.25, 0.3) is 10.8 Å². The SMILES string of the molecule is O=C(NCC1CCC(Cl)C1)c1ccc2ccccc2c1. The summed E-state index contributed by atoms with van der Waals surface area (Å²) in [6.45, 7) is 0.731. The molecule has 2 nitrogen and oxygen atoms in total. The molecule has 0 spiro atoms. The van der Waals surface area contributed by atoms with Gasteiger partial charge in [0.2, 0.25) is 0 Å². The molecule has 20 heavy (non-hydrogen) atoms. The maximum absolute atomic E-state index is 12.2. The molecule has 1 fully saturated rings. The highest BCUT2D eigenvalue weighted by atomic mass is 35.5. The van der Waals surface area contributed by atoms with Crippen LogP contribution < -0.4 is 5.32 Å². The van der Waals surface area contributed by atoms with Gasteiger partial charge in [0.1, 0.15) is 0 Å². The highest BCUT2D eigenvalue weighted by molar-refractivity contribution is 6.20. The number of amides is 1. The highest BCUT2D eigenvalue weighted by Gasteiger charge is 2.23. The van der Waals surface area contributed by atoms with Gasteiger partial charge in [0.05, 0.1) is 0 Å². The van der Waals surface area contributed by atoms with Gasteiger partial charge in [-0.2, -0.15) is 0 Å². The largest absolute Gasteiger partial charge is 0.352 e. The molecule has 0 saturated heterocycles. The Morgan fingerprint density at radius 3 is 2.70 bits per heavy atom. The molecule has 2 aromatic rings. The number of fused-ring (bicyclic) bond motifs is 1. The molecule has 2 aromatic carbocycles. The van der Waals surface area contributed by atoms with Crippen LogP contribution in [0.4, 0.5) is 0 Å². The zero-order chi connectivity index (χ0) is 13.9. The monoisotopic (exact) mass is 287 g/mol. The number of rotatable bonds is 3. The van der Waals surface area contributed by atoms with Crippen LogP contribution in [0, 0.1) is 5.92 Å². The molecular formula is C17H18ClNO. The molecule has 0 radical (unpaired) electrons. The number of alkyl halides is 1. The molecule has 2 atom stereocenters. The smallest absolute Gasteiger partial charge is 0.251 e. The van der Waals surface area contributed by atoms with Crippen molar-refractivity contribution in [3.05, 3.63) is 48.0 Å². The predicted molar refractivity (Wildman–Crippen MR) is 83.3 cm³/mol. The van der Waals surface area contributed by atoms with Crippen molar-refractivity contribution in [1.82, 2.24) is 5.32 Å². The zero-order valence-corrected chi connectivity index (χ0v) is 12.1. The summed E-state index contributed by atoms with van der Waals surface area (Å²) >= 11 is 6.09. The molecule has 0 aliphatic heterocycles. The number of carbonyl (C=O) groups excluding carboxylic acids is 1. The Morgan fingerprint density at radius 2 is 1.95 bits per heavy atom. The molecule has 3 rings (SSSR count). The van der Waals surface area contributed by atoms with Crippen LogP contribution in [0.3, 0.4) is 0 Å². The van der Waals surface area contributed by atoms with Gasteiger partial charge in [0.25, 0.3) is 5.91 Å². The first-order valence-corrected chi connectivity index (χ1v) is 7.57. The van der Waals surface area contributed by atoms with Gasteiger partial charge in [-0.15, -0.1) is 11.6 Å². The molecule has 1 saturated carbocycles. The van der Waals surface area contributed by atoms with Gasteiger partial charge < -0.3 is 5.32 Å². The van der Waals surface area contributed by atoms with Gasteiger partial charge in [-0.25, -0.2) is 0 Å². The summed E-state index contributed by atoms with van der Waals surface area (Å²) in [4.78, 5) is 12.2. The van der Waals surface area contributed by atoms with E-state index in [1.807, 2.05) is 36.4 Å². The first-order chi connectivity index (χ1) is 9.72. The summed E-state index contributed by atoms with van der Waals surface area (Å²) in [5.41, 5.74) is 0.726. The van der Waals surface area contributed by atoms with E-state index in [0.717, 1.165) is 42.1 Å². The summed E-state index contributed by atoms with van der Waals surface area (Å²) in [5, 5.41) is 5.57. The number of hydrogen-bond donors (Lipinski definition) is 1. The molecule has 2 unspecified atom stereocenters. The van der Waals surface area contributed by atoms with E-state index in [-0.39, 0.29) is 11.3 Å². The Balaban J connectivity index is 1.66. The average molecular weight is 288 g/mol. The van der Waals surface area contributed by atoms with Crippen LogP contribution >= 0.6 is 11.6 Å². The first kappa shape index (κ1) is 13.4. The lowest BCUT2D eigenvalue weighted by Gasteiger charge is -2.11. The van der Waals surface area contributed by atoms with Crippen LogP contribution in [0.5, 0.6) is 0 Å². The number of halogens is 1. The third-order valence-corrected chi connectivity index (χ3v) is 4.44. The molecule has 1 N–H and O–H groups in total. The predicted octanol–water partition coefficient (Wildman–Crippen LogP) is 3.98. The molecule has 104 valence electrons. The first-order valence-electron chi connectivity index (χ1n) is 7.13. The lowest BCUT2D eigenvalue weighted by Crippen LogP contribution is -2.28. The lowest BCUT2D eigenvalue weighted by atomic mass is 10.1. The van der Waals surface area contributed by atoms with Crippen LogP contribution in [-0.4, -0.2) is 17.8 Å². The van der Waals surface area contributed by atoms with E-state index < -0.39 is 0 Å². The Hall–Kier alpha value is -1.54. The highest BCUT2D eigenvalue weighted by Crippen LogP contribution is 2.28. The van der Waals surface area contributed by atoms with Crippen molar-refractivity contribution in [2.45, 2.75) is 24.6 Å². The lowest BCUT2D eigenvalue weighted by molar-refractivity contribution is 0.0947. The second kappa shape index (κ2) is 5.84. The Bertz CT molecular complexity index is 625. The Kier molecular flexibility index (Phi) is 3.93. The summed E-state index contributed by atoms with van der Waals surface area (Å²) in [6, 6.07) is 13.9. The molecular weight excluding hydrogens is 270 g/mol. The molecule has 0 bridgehead atoms. The van der Waals surface area contributed by atoms with E-state index in [1.165, 1.54) is 0 Å². The van der Waals surface area contributed by atoms with Crippen molar-refractivity contribution in [2.75, 3.05) is 6.54 Å². The quantitative estimate of drug-likeness (QED) is 0.850. The Labute approximate surface area is 124 Å². The molecule has 0 aromatic heterocycles. The maximum Gasteiger partial charge on any atom is 0.251 e. The average Bonchev–Trinajstić information content (AvgIpc) is 2.90. The van der Waals surface area contributed by atoms with Crippen molar-refractivity contribution in [2.24, 2.45) is 5.92 Å². The molecule has 3 heteroatoms. The number of benzene rings is 2. The molecule has 0 heterocycles. The minimum atomic E-state index is 0.00813. The van der Waals surface area contributed by atoms with Gasteiger partial charge in [-0.05, 0) is 48.1 Å². The van der Waals surface area contributed by atoms with Crippen LogP contribution in [0.1, 0.15) is 29.6 Å². The fourth-order valence-electron chi connectivity index (χ4n) is 2.87. The fourth-order valence-corrected chi connectivity index (χ4v) is 3.25. The molecule has 1 amide bonds. The van der Waals surface area contributed by atoms with E-state index in [0.29, 0.717) is 5.92 Å². The molecule has 1 aliphatic carbocycles. The van der Waals surface area contributed by atoms with E-state index in [9.17, 15) is 4.79 Å². The van der Waals surface area contributed by atoms with Crippen molar-refractivity contribution < 1.29 is 4.79 Å². The minimum absolute atomic E-state index is 0.00813. The van der Waals surface area contributed by atoms with E-state index in [4.69, 9.17) is 11.6 Å². The standard InChI is InChI=1S/C17H18ClNO/c18-16-8-5-12(9-16)11-19-17(20)15-7-6-13-3-1-2-4-14(13)10-15/h1-4,6-7,10,12,16H,5,8-9,11H2,(H,19,20). The second-order valence-corrected chi connectivity index (χ2v) is 6.17. The van der Waals surface area contributed by atoms with Crippen molar-refractivity contribution in [1.29, 1.82) is 0 Å². The van der Waals surface area contributed by atoms with Gasteiger partial charge >= 0.3 is 0 Å². The van der Waals surface area contributed by atoms with E-state index >= 15 is 0 Å². The Morgan fingerprint density at radius 1 is 1.15 bits per heavy atom. The van der Waals surface area contributed by atoms with E-state index in [1.54, 1.807) is 0 Å². The number of carbonyl (C=O) groups is 1. The topological polar surface area (TPSA) is 29.1 Å². The summed E-state index contributed by atoms with van der Waals surface area (Å²) in [7, 11) is 0. The minimum Gasteiger partial charge on any atom is -0.352 e. The zero-order valence-electron chi connectivity index (χ0n) is 11.3. The van der Waals surface area contributed by atoms with Gasteiger partial charge in [0.15, 0.2) is 0 Å². The molecule has 1 aliphatic rings. The van der Waals surface area contributed by atoms with Crippen molar-refractivity contribution >= 4 is 28.3 Å². The fraction of sp³-hybridized carbons (Fsp3) is 0.353. The number of nitrogens with one attached hydrogen (secondary N) is 1. The van der Waals surface area contributed by atoms with E-state index in [2.05, 4.69) is 11.4 Å². The van der Waals surface area contributed by atoms with Crippen LogP contribution in [0.15, 0.2) is 42.5 Å². The van der Waals surface area contributed by atoms with Gasteiger partial charge in [-0.3, -0.25) is 4.79 Å². The van der Waals surface area contributed by atoms with Crippen LogP contribution in [0.2, 0.25) is 0 Å². The summed E-state index contributed by atoms with van der Waals surface area (Å²) in [5.74, 6) is 0.538. The maximum atomic E-state index is 12.2. The van der Waals surface area contributed by atoms with Gasteiger partial charge in [0, 0.05) is 17.5 Å². The third-order valence-electron chi connectivity index (χ3n) is 4.04. The van der Waals surface area contributed by atoms with Gasteiger partial charge in [-0.1, -0.05) is 30.3 Å². The van der Waals surface area contributed by atoms with Crippen molar-refractivity contribution in [3.8, 4) is 0 Å². The van der Waals surface area contributed by atoms with Crippen molar-refractivity contribution in [3.63, 3.8) is 0 Å². The van der Waals surface area contributed by atoms with Crippen LogP contribution in [-0.2, 0) is 0 Å². The third kappa shape index (κ3) is 2.96.